The number of hydrogen-bond donors (Lipinski definition) is 3. The smallest absolute Gasteiger partial charge is 0.325 e. The van der Waals surface area contributed by atoms with Crippen LogP contribution in [-0.4, -0.2) is 37.4 Å². The highest BCUT2D eigenvalue weighted by molar-refractivity contribution is 5.91. The number of nitrogens with one attached hydrogen (secondary N) is 3. The molecule has 0 bridgehead atoms. The van der Waals surface area contributed by atoms with E-state index in [2.05, 4.69) is 25.6 Å². The van der Waals surface area contributed by atoms with Gasteiger partial charge in [0.05, 0.1) is 11.9 Å². The molecule has 0 atom stereocenters. The van der Waals surface area contributed by atoms with Crippen LogP contribution < -0.4 is 16.6 Å². The Balaban J connectivity index is 1.60. The Morgan fingerprint density at radius 2 is 2.00 bits per heavy atom. The van der Waals surface area contributed by atoms with Crippen LogP contribution in [0.3, 0.4) is 0 Å². The summed E-state index contributed by atoms with van der Waals surface area (Å²) in [4.78, 5) is 39.0. The number of hydrogen-bond acceptors (Lipinski definition) is 5. The van der Waals surface area contributed by atoms with Gasteiger partial charge in [0, 0.05) is 18.3 Å². The molecule has 9 heteroatoms. The maximum absolute atomic E-state index is 12.0. The van der Waals surface area contributed by atoms with Crippen molar-refractivity contribution in [3.8, 4) is 5.69 Å². The summed E-state index contributed by atoms with van der Waals surface area (Å²) in [6.07, 6.45) is 3.14. The molecule has 1 aromatic carbocycles. The zero-order chi connectivity index (χ0) is 16.9. The molecule has 0 aliphatic carbocycles. The first-order valence-corrected chi connectivity index (χ1v) is 7.20. The van der Waals surface area contributed by atoms with Crippen LogP contribution in [0.15, 0.2) is 52.3 Å². The maximum Gasteiger partial charge on any atom is 0.325 e. The summed E-state index contributed by atoms with van der Waals surface area (Å²) in [5.41, 5.74) is 0.314. The Bertz CT molecular complexity index is 957. The van der Waals surface area contributed by atoms with E-state index in [9.17, 15) is 14.4 Å². The van der Waals surface area contributed by atoms with E-state index in [1.807, 2.05) is 30.3 Å². The van der Waals surface area contributed by atoms with Crippen molar-refractivity contribution in [1.29, 1.82) is 0 Å². The normalized spacial score (nSPS) is 10.5. The van der Waals surface area contributed by atoms with Crippen molar-refractivity contribution in [3.63, 3.8) is 0 Å². The van der Waals surface area contributed by atoms with Gasteiger partial charge in [0.25, 0.3) is 11.5 Å². The average molecular weight is 326 g/mol. The van der Waals surface area contributed by atoms with Gasteiger partial charge in [-0.2, -0.15) is 0 Å². The van der Waals surface area contributed by atoms with Crippen molar-refractivity contribution >= 4 is 5.91 Å². The van der Waals surface area contributed by atoms with Crippen molar-refractivity contribution < 1.29 is 4.79 Å². The number of para-hydroxylation sites is 1. The van der Waals surface area contributed by atoms with E-state index in [0.717, 1.165) is 5.69 Å². The van der Waals surface area contributed by atoms with Gasteiger partial charge in [-0.3, -0.25) is 14.6 Å². The molecule has 0 aliphatic heterocycles. The zero-order valence-corrected chi connectivity index (χ0v) is 12.5. The number of rotatable bonds is 5. The molecule has 0 unspecified atom stereocenters. The van der Waals surface area contributed by atoms with Gasteiger partial charge in [0.2, 0.25) is 0 Å². The van der Waals surface area contributed by atoms with Gasteiger partial charge in [-0.25, -0.2) is 9.48 Å². The molecule has 0 radical (unpaired) electrons. The third-order valence-corrected chi connectivity index (χ3v) is 3.32. The molecule has 2 heterocycles. The van der Waals surface area contributed by atoms with Crippen molar-refractivity contribution in [3.05, 3.63) is 74.8 Å². The SMILES string of the molecule is O=C(NCCc1c[nH]c(=O)[nH]c1=O)c1cn(-c2ccccc2)nn1. The van der Waals surface area contributed by atoms with Gasteiger partial charge < -0.3 is 10.3 Å². The molecule has 0 saturated heterocycles. The Morgan fingerprint density at radius 3 is 2.75 bits per heavy atom. The number of carbonyl (C=O) groups excluding carboxylic acids is 1. The van der Waals surface area contributed by atoms with Gasteiger partial charge in [0.15, 0.2) is 5.69 Å². The summed E-state index contributed by atoms with van der Waals surface area (Å²) in [7, 11) is 0. The van der Waals surface area contributed by atoms with Crippen LogP contribution in [0.1, 0.15) is 16.1 Å². The lowest BCUT2D eigenvalue weighted by atomic mass is 10.2. The van der Waals surface area contributed by atoms with E-state index in [-0.39, 0.29) is 18.7 Å². The van der Waals surface area contributed by atoms with E-state index in [0.29, 0.717) is 5.56 Å². The van der Waals surface area contributed by atoms with E-state index < -0.39 is 17.2 Å². The van der Waals surface area contributed by atoms with Crippen LogP contribution in [0, 0.1) is 0 Å². The molecule has 3 aromatic rings. The molecule has 2 aromatic heterocycles. The predicted octanol–water partition coefficient (Wildman–Crippen LogP) is -0.384. The van der Waals surface area contributed by atoms with Crippen molar-refractivity contribution in [2.24, 2.45) is 0 Å². The minimum atomic E-state index is -0.565. The molecule has 1 amide bonds. The lowest BCUT2D eigenvalue weighted by Crippen LogP contribution is -2.30. The summed E-state index contributed by atoms with van der Waals surface area (Å²) in [5, 5.41) is 10.4. The highest BCUT2D eigenvalue weighted by Gasteiger charge is 2.11. The third-order valence-electron chi connectivity index (χ3n) is 3.32. The molecule has 0 saturated carbocycles. The molecular formula is C15H14N6O3. The molecule has 9 nitrogen and oxygen atoms in total. The molecule has 0 spiro atoms. The molecule has 3 N–H and O–H groups in total. The summed E-state index contributed by atoms with van der Waals surface area (Å²) < 4.78 is 1.50. The average Bonchev–Trinajstić information content (AvgIpc) is 3.08. The van der Waals surface area contributed by atoms with Crippen molar-refractivity contribution in [2.45, 2.75) is 6.42 Å². The largest absolute Gasteiger partial charge is 0.350 e. The Kier molecular flexibility index (Phi) is 4.32. The highest BCUT2D eigenvalue weighted by atomic mass is 16.2. The Labute approximate surface area is 135 Å². The number of aromatic nitrogens is 5. The first kappa shape index (κ1) is 15.4. The minimum absolute atomic E-state index is 0.175. The van der Waals surface area contributed by atoms with Crippen LogP contribution in [-0.2, 0) is 6.42 Å². The van der Waals surface area contributed by atoms with Crippen molar-refractivity contribution in [2.75, 3.05) is 6.54 Å². The summed E-state index contributed by atoms with van der Waals surface area (Å²) in [5.74, 6) is -0.391. The number of carbonyl (C=O) groups is 1. The van der Waals surface area contributed by atoms with E-state index in [4.69, 9.17) is 0 Å². The lowest BCUT2D eigenvalue weighted by molar-refractivity contribution is 0.0949. The number of aromatic amines is 2. The van der Waals surface area contributed by atoms with Crippen LogP contribution in [0.5, 0.6) is 0 Å². The molecule has 24 heavy (non-hydrogen) atoms. The van der Waals surface area contributed by atoms with Gasteiger partial charge in [0.1, 0.15) is 0 Å². The zero-order valence-electron chi connectivity index (χ0n) is 12.5. The number of nitrogens with zero attached hydrogens (tertiary/aromatic N) is 3. The Hall–Kier alpha value is -3.49. The second-order valence-corrected chi connectivity index (χ2v) is 4.99. The maximum atomic E-state index is 12.0. The summed E-state index contributed by atoms with van der Waals surface area (Å²) in [6.45, 7) is 0.228. The standard InChI is InChI=1S/C15H14N6O3/c22-13-10(8-17-15(24)18-13)6-7-16-14(23)12-9-21(20-19-12)11-4-2-1-3-5-11/h1-5,8-9H,6-7H2,(H,16,23)(H2,17,18,22,24). The second kappa shape index (κ2) is 6.73. The van der Waals surface area contributed by atoms with E-state index in [1.54, 1.807) is 0 Å². The van der Waals surface area contributed by atoms with Crippen molar-refractivity contribution in [1.82, 2.24) is 30.3 Å². The monoisotopic (exact) mass is 326 g/mol. The van der Waals surface area contributed by atoms with E-state index >= 15 is 0 Å². The molecule has 3 rings (SSSR count). The summed E-state index contributed by atoms with van der Waals surface area (Å²) >= 11 is 0. The molecule has 0 fully saturated rings. The van der Waals surface area contributed by atoms with Crippen LogP contribution in [0.25, 0.3) is 5.69 Å². The van der Waals surface area contributed by atoms with Gasteiger partial charge >= 0.3 is 5.69 Å². The number of H-pyrrole nitrogens is 2. The lowest BCUT2D eigenvalue weighted by Gasteiger charge is -2.02. The number of benzene rings is 1. The van der Waals surface area contributed by atoms with Gasteiger partial charge in [-0.1, -0.05) is 23.4 Å². The third kappa shape index (κ3) is 3.46. The van der Waals surface area contributed by atoms with Gasteiger partial charge in [-0.15, -0.1) is 5.10 Å². The fourth-order valence-electron chi connectivity index (χ4n) is 2.10. The second-order valence-electron chi connectivity index (χ2n) is 4.99. The van der Waals surface area contributed by atoms with Crippen LogP contribution in [0.2, 0.25) is 0 Å². The topological polar surface area (TPSA) is 126 Å². The highest BCUT2D eigenvalue weighted by Crippen LogP contribution is 2.05. The molecule has 122 valence electrons. The van der Waals surface area contributed by atoms with E-state index in [1.165, 1.54) is 17.1 Å². The van der Waals surface area contributed by atoms with Crippen LogP contribution in [0.4, 0.5) is 0 Å². The quantitative estimate of drug-likeness (QED) is 0.589. The number of amides is 1. The predicted molar refractivity (Wildman–Crippen MR) is 85.1 cm³/mol. The van der Waals surface area contributed by atoms with Gasteiger partial charge in [-0.05, 0) is 18.6 Å². The fraction of sp³-hybridized carbons (Fsp3) is 0.133. The summed E-state index contributed by atoms with van der Waals surface area (Å²) in [6, 6.07) is 9.29. The first-order chi connectivity index (χ1) is 11.6. The molecular weight excluding hydrogens is 312 g/mol. The minimum Gasteiger partial charge on any atom is -0.350 e. The first-order valence-electron chi connectivity index (χ1n) is 7.20. The van der Waals surface area contributed by atoms with Crippen LogP contribution >= 0.6 is 0 Å². The molecule has 0 aliphatic rings. The Morgan fingerprint density at radius 1 is 1.21 bits per heavy atom. The fourth-order valence-corrected chi connectivity index (χ4v) is 2.10.